The van der Waals surface area contributed by atoms with Gasteiger partial charge in [0.15, 0.2) is 24.1 Å². The van der Waals surface area contributed by atoms with Gasteiger partial charge in [-0.25, -0.2) is 0 Å². The molecule has 65 heavy (non-hydrogen) atoms. The molecule has 4 aromatic carbocycles. The molecule has 0 radical (unpaired) electrons. The Hall–Kier alpha value is -7.65. The molecule has 0 unspecified atom stereocenters. The molecule has 3 aromatic heterocycles. The predicted molar refractivity (Wildman–Crippen MR) is 247 cm³/mol. The number of pyridine rings is 1. The predicted octanol–water partition coefficient (Wildman–Crippen LogP) is 6.71. The number of aromatic nitrogens is 1. The smallest absolute Gasteiger partial charge is 0.260 e. The number of amides is 3. The van der Waals surface area contributed by atoms with E-state index in [2.05, 4.69) is 10.3 Å². The van der Waals surface area contributed by atoms with Crippen LogP contribution in [0.4, 0.5) is 4.39 Å². The normalized spacial score (nSPS) is 13.4. The zero-order chi connectivity index (χ0) is 44.8. The average molecular weight is 884 g/mol. The number of benzene rings is 4. The van der Waals surface area contributed by atoms with Crippen LogP contribution in [0.5, 0.6) is 11.5 Å². The van der Waals surface area contributed by atoms with Crippen LogP contribution in [0.3, 0.4) is 0 Å². The number of para-hydroxylation sites is 2. The van der Waals surface area contributed by atoms with Crippen LogP contribution in [0.2, 0.25) is 0 Å². The van der Waals surface area contributed by atoms with Crippen molar-refractivity contribution in [3.05, 3.63) is 160 Å². The first-order valence-corrected chi connectivity index (χ1v) is 20.6. The summed E-state index contributed by atoms with van der Waals surface area (Å²) >= 11 is 0. The molecule has 2 saturated heterocycles. The van der Waals surface area contributed by atoms with Crippen molar-refractivity contribution in [2.45, 2.75) is 7.43 Å². The molecule has 14 nitrogen and oxygen atoms in total. The lowest BCUT2D eigenvalue weighted by atomic mass is 10.1. The number of carbonyl (C=O) groups excluding carboxylic acids is 3. The monoisotopic (exact) mass is 883 g/mol. The van der Waals surface area contributed by atoms with Crippen molar-refractivity contribution < 1.29 is 37.1 Å². The number of hydrogen-bond donors (Lipinski definition) is 1. The van der Waals surface area contributed by atoms with E-state index in [1.54, 1.807) is 106 Å². The Morgan fingerprint density at radius 2 is 1.00 bits per heavy atom. The Labute approximate surface area is 374 Å². The first-order valence-electron chi connectivity index (χ1n) is 20.6. The van der Waals surface area contributed by atoms with Gasteiger partial charge in [-0.2, -0.15) is 0 Å². The Kier molecular flexibility index (Phi) is 16.3. The zero-order valence-corrected chi connectivity index (χ0v) is 35.1. The van der Waals surface area contributed by atoms with Gasteiger partial charge in [0.25, 0.3) is 17.7 Å². The van der Waals surface area contributed by atoms with E-state index in [-0.39, 0.29) is 49.2 Å². The molecule has 2 aliphatic heterocycles. The molecule has 0 bridgehead atoms. The maximum atomic E-state index is 12.6. The van der Waals surface area contributed by atoms with Gasteiger partial charge in [-0.05, 0) is 84.9 Å². The lowest BCUT2D eigenvalue weighted by molar-refractivity contribution is -0.135. The summed E-state index contributed by atoms with van der Waals surface area (Å²) in [6, 6.07) is 34.9. The number of halogens is 1. The van der Waals surface area contributed by atoms with E-state index in [1.807, 2.05) is 30.3 Å². The van der Waals surface area contributed by atoms with Gasteiger partial charge in [0.1, 0.15) is 34.2 Å². The maximum Gasteiger partial charge on any atom is 0.260 e. The van der Waals surface area contributed by atoms with Crippen LogP contribution in [0.15, 0.2) is 152 Å². The second-order valence-electron chi connectivity index (χ2n) is 14.6. The van der Waals surface area contributed by atoms with Gasteiger partial charge in [0.2, 0.25) is 0 Å². The highest BCUT2D eigenvalue weighted by atomic mass is 19.1. The lowest BCUT2D eigenvalue weighted by Gasteiger charge is -2.34. The second-order valence-corrected chi connectivity index (χ2v) is 14.6. The minimum Gasteiger partial charge on any atom is -0.484 e. The van der Waals surface area contributed by atoms with E-state index in [0.717, 1.165) is 24.2 Å². The van der Waals surface area contributed by atoms with Crippen molar-refractivity contribution in [3.8, 4) is 34.1 Å². The summed E-state index contributed by atoms with van der Waals surface area (Å²) in [7, 11) is 0.500. The first kappa shape index (κ1) is 46.8. The number of nitrogens with one attached hydrogen (secondary N) is 1. The maximum absolute atomic E-state index is 12.6. The van der Waals surface area contributed by atoms with E-state index in [0.29, 0.717) is 97.0 Å². The Balaban J connectivity index is 0.000000211. The zero-order valence-electron chi connectivity index (χ0n) is 35.1. The van der Waals surface area contributed by atoms with Crippen molar-refractivity contribution in [1.29, 1.82) is 0 Å². The van der Waals surface area contributed by atoms with Crippen molar-refractivity contribution in [2.75, 3.05) is 72.7 Å². The minimum atomic E-state index is -0.134. The van der Waals surface area contributed by atoms with Gasteiger partial charge in [0.05, 0.1) is 17.9 Å². The number of rotatable bonds is 9. The molecule has 2 aliphatic rings. The largest absolute Gasteiger partial charge is 0.484 e. The topological polar surface area (TPSA) is 165 Å². The van der Waals surface area contributed by atoms with Crippen LogP contribution >= 0.6 is 0 Å². The molecule has 0 aliphatic carbocycles. The van der Waals surface area contributed by atoms with Gasteiger partial charge in [-0.15, -0.1) is 0 Å². The minimum absolute atomic E-state index is 0. The SMILES string of the molecule is C.CF.O=C(COc1ccc(-c2cc(=O)c3ccccc3o2)cc1)N1CCN(C(=O)c2ccncc2)CC1.O=C(COc1ccc(-c2cc(=O)c3ccccc3o2)cc1)N1CCNCC1. The molecular weight excluding hydrogens is 834 g/mol. The summed E-state index contributed by atoms with van der Waals surface area (Å²) in [5.41, 5.74) is 3.02. The van der Waals surface area contributed by atoms with Crippen LogP contribution in [-0.4, -0.2) is 110 Å². The molecule has 3 amide bonds. The number of alkyl halides is 1. The Bertz CT molecular complexity index is 2800. The Morgan fingerprint density at radius 3 is 1.46 bits per heavy atom. The van der Waals surface area contributed by atoms with Gasteiger partial charge >= 0.3 is 0 Å². The quantitative estimate of drug-likeness (QED) is 0.164. The van der Waals surface area contributed by atoms with Crippen molar-refractivity contribution in [3.63, 3.8) is 0 Å². The molecule has 7 aromatic rings. The summed E-state index contributed by atoms with van der Waals surface area (Å²) < 4.78 is 32.5. The van der Waals surface area contributed by atoms with Crippen LogP contribution in [0.1, 0.15) is 17.8 Å². The number of piperazine rings is 2. The molecular formula is C50H50FN5O9. The second kappa shape index (κ2) is 22.6. The average Bonchev–Trinajstić information content (AvgIpc) is 3.36. The number of fused-ring (bicyclic) bond motifs is 2. The molecule has 0 spiro atoms. The fourth-order valence-corrected chi connectivity index (χ4v) is 7.15. The third kappa shape index (κ3) is 11.9. The van der Waals surface area contributed by atoms with Crippen LogP contribution in [-0.2, 0) is 9.59 Å². The molecule has 1 N–H and O–H groups in total. The number of nitrogens with zero attached hydrogens (tertiary/aromatic N) is 4. The summed E-state index contributed by atoms with van der Waals surface area (Å²) in [6.07, 6.45) is 3.18. The highest BCUT2D eigenvalue weighted by Crippen LogP contribution is 2.26. The van der Waals surface area contributed by atoms with Gasteiger partial charge in [0, 0.05) is 93.6 Å². The lowest BCUT2D eigenvalue weighted by Crippen LogP contribution is -2.51. The third-order valence-electron chi connectivity index (χ3n) is 10.6. The highest BCUT2D eigenvalue weighted by Gasteiger charge is 2.25. The Morgan fingerprint density at radius 1 is 0.585 bits per heavy atom. The summed E-state index contributed by atoms with van der Waals surface area (Å²) in [5, 5.41) is 4.32. The molecule has 5 heterocycles. The fourth-order valence-electron chi connectivity index (χ4n) is 7.15. The highest BCUT2D eigenvalue weighted by molar-refractivity contribution is 5.94. The summed E-state index contributed by atoms with van der Waals surface area (Å²) in [6.45, 7) is 4.83. The van der Waals surface area contributed by atoms with Crippen LogP contribution in [0.25, 0.3) is 44.6 Å². The van der Waals surface area contributed by atoms with Crippen molar-refractivity contribution in [2.24, 2.45) is 0 Å². The van der Waals surface area contributed by atoms with E-state index in [1.165, 1.54) is 12.1 Å². The molecule has 2 fully saturated rings. The van der Waals surface area contributed by atoms with Gasteiger partial charge in [-0.1, -0.05) is 31.7 Å². The number of carbonyl (C=O) groups is 3. The third-order valence-corrected chi connectivity index (χ3v) is 10.6. The molecule has 336 valence electrons. The molecule has 9 rings (SSSR count). The van der Waals surface area contributed by atoms with Crippen molar-refractivity contribution in [1.82, 2.24) is 25.0 Å². The molecule has 0 atom stereocenters. The summed E-state index contributed by atoms with van der Waals surface area (Å²) in [4.78, 5) is 71.1. The van der Waals surface area contributed by atoms with E-state index < -0.39 is 0 Å². The first-order chi connectivity index (χ1) is 31.3. The fraction of sp³-hybridized carbons (Fsp3) is 0.240. The molecule has 0 saturated carbocycles. The van der Waals surface area contributed by atoms with E-state index in [4.69, 9.17) is 18.3 Å². The van der Waals surface area contributed by atoms with E-state index in [9.17, 15) is 28.4 Å². The van der Waals surface area contributed by atoms with E-state index >= 15 is 0 Å². The summed E-state index contributed by atoms with van der Waals surface area (Å²) in [5.74, 6) is 1.91. The van der Waals surface area contributed by atoms with Crippen molar-refractivity contribution >= 4 is 39.7 Å². The van der Waals surface area contributed by atoms with Gasteiger partial charge < -0.3 is 38.3 Å². The standard InChI is InChI=1S/C27H23N3O5.C21H20N2O4.CH3F.CH4/c31-23-17-25(35-24-4-2-1-3-22(23)24)19-5-7-21(8-6-19)34-18-26(32)29-13-15-30(16-14-29)27(33)20-9-11-28-12-10-20;24-18-13-20(27-19-4-2-1-3-17(18)19)15-5-7-16(8-6-15)26-14-21(25)23-11-9-22-10-12-23;1-2;/h1-12,17H,13-16,18H2;1-8,13,22H,9-12,14H2;1H3;1H4. The van der Waals surface area contributed by atoms with Crippen LogP contribution < -0.4 is 25.6 Å². The number of ether oxygens (including phenoxy) is 2. The number of hydrogen-bond acceptors (Lipinski definition) is 11. The van der Waals surface area contributed by atoms with Crippen LogP contribution in [0, 0.1) is 0 Å². The molecule has 15 heteroatoms. The van der Waals surface area contributed by atoms with Gasteiger partial charge in [-0.3, -0.25) is 33.3 Å².